The third kappa shape index (κ3) is 6.42. The van der Waals surface area contributed by atoms with Crippen LogP contribution >= 0.6 is 15.9 Å². The lowest BCUT2D eigenvalue weighted by Gasteiger charge is -2.27. The fourth-order valence-electron chi connectivity index (χ4n) is 4.65. The summed E-state index contributed by atoms with van der Waals surface area (Å²) in [6, 6.07) is 18.5. The summed E-state index contributed by atoms with van der Waals surface area (Å²) >= 11 is 3.31. The molecule has 40 heavy (non-hydrogen) atoms. The molecule has 0 spiro atoms. The van der Waals surface area contributed by atoms with Gasteiger partial charge in [-0.25, -0.2) is 8.42 Å². The molecule has 1 aliphatic rings. The van der Waals surface area contributed by atoms with Crippen molar-refractivity contribution in [1.29, 1.82) is 0 Å². The highest BCUT2D eigenvalue weighted by Crippen LogP contribution is 2.33. The van der Waals surface area contributed by atoms with Crippen molar-refractivity contribution in [3.8, 4) is 0 Å². The number of para-hydroxylation sites is 1. The Balaban J connectivity index is 1.39. The lowest BCUT2D eigenvalue weighted by molar-refractivity contribution is -0.137. The van der Waals surface area contributed by atoms with E-state index in [1.54, 1.807) is 12.1 Å². The minimum absolute atomic E-state index is 0.0517. The molecule has 6 nitrogen and oxygen atoms in total. The number of H-pyrrole nitrogens is 1. The summed E-state index contributed by atoms with van der Waals surface area (Å²) in [7, 11) is -3.93. The molecule has 4 aromatic rings. The highest BCUT2D eigenvalue weighted by Gasteiger charge is 2.40. The summed E-state index contributed by atoms with van der Waals surface area (Å²) < 4.78 is 68.2. The van der Waals surface area contributed by atoms with E-state index in [0.717, 1.165) is 33.1 Å². The van der Waals surface area contributed by atoms with Crippen molar-refractivity contribution in [3.63, 3.8) is 0 Å². The lowest BCUT2D eigenvalue weighted by Crippen LogP contribution is -2.44. The zero-order valence-corrected chi connectivity index (χ0v) is 23.8. The first-order valence-corrected chi connectivity index (χ1v) is 15.0. The van der Waals surface area contributed by atoms with Gasteiger partial charge in [-0.3, -0.25) is 4.79 Å². The number of hydrogen-bond donors (Lipinski definition) is 1. The van der Waals surface area contributed by atoms with Crippen molar-refractivity contribution >= 4 is 42.8 Å². The molecule has 3 aromatic carbocycles. The first-order chi connectivity index (χ1) is 19.0. The van der Waals surface area contributed by atoms with E-state index in [1.807, 2.05) is 30.5 Å². The average Bonchev–Trinajstić information content (AvgIpc) is 3.68. The Labute approximate surface area is 239 Å². The predicted octanol–water partition coefficient (Wildman–Crippen LogP) is 6.37. The van der Waals surface area contributed by atoms with Gasteiger partial charge in [0.2, 0.25) is 15.9 Å². The molecule has 1 N–H and O–H groups in total. The van der Waals surface area contributed by atoms with E-state index < -0.39 is 27.7 Å². The molecular formula is C29H27BrF3N3O3S. The zero-order valence-electron chi connectivity index (χ0n) is 21.4. The molecule has 1 aliphatic carbocycles. The van der Waals surface area contributed by atoms with E-state index in [9.17, 15) is 26.4 Å². The van der Waals surface area contributed by atoms with Gasteiger partial charge in [0.05, 0.1) is 17.0 Å². The van der Waals surface area contributed by atoms with Gasteiger partial charge in [-0.15, -0.1) is 0 Å². The Morgan fingerprint density at radius 3 is 2.30 bits per heavy atom. The van der Waals surface area contributed by atoms with Gasteiger partial charge in [0, 0.05) is 40.7 Å². The van der Waals surface area contributed by atoms with Crippen molar-refractivity contribution in [2.45, 2.75) is 42.9 Å². The SMILES string of the molecule is O=C(CN(C1CC1)S(=O)(=O)c1ccc(Br)cc1)N(CCc1c[nH]c2ccccc12)Cc1ccc(C(F)(F)F)cc1. The number of alkyl halides is 3. The van der Waals surface area contributed by atoms with Crippen LogP contribution in [-0.2, 0) is 34.0 Å². The van der Waals surface area contributed by atoms with E-state index in [4.69, 9.17) is 0 Å². The molecular weight excluding hydrogens is 607 g/mol. The number of amides is 1. The molecule has 0 aliphatic heterocycles. The second kappa shape index (κ2) is 11.4. The van der Waals surface area contributed by atoms with Crippen LogP contribution in [0.15, 0.2) is 88.4 Å². The minimum atomic E-state index is -4.46. The van der Waals surface area contributed by atoms with Crippen LogP contribution in [0.3, 0.4) is 0 Å². The van der Waals surface area contributed by atoms with E-state index in [-0.39, 0.29) is 30.6 Å². The van der Waals surface area contributed by atoms with Gasteiger partial charge in [-0.2, -0.15) is 17.5 Å². The lowest BCUT2D eigenvalue weighted by atomic mass is 10.1. The molecule has 210 valence electrons. The Hall–Kier alpha value is -3.15. The number of nitrogens with zero attached hydrogens (tertiary/aromatic N) is 2. The molecule has 0 atom stereocenters. The largest absolute Gasteiger partial charge is 0.416 e. The number of carbonyl (C=O) groups excluding carboxylic acids is 1. The molecule has 11 heteroatoms. The van der Waals surface area contributed by atoms with E-state index >= 15 is 0 Å². The van der Waals surface area contributed by atoms with E-state index in [0.29, 0.717) is 24.8 Å². The summed E-state index contributed by atoms with van der Waals surface area (Å²) in [5, 5.41) is 1.02. The fourth-order valence-corrected chi connectivity index (χ4v) is 6.55. The van der Waals surface area contributed by atoms with Crippen LogP contribution in [0.2, 0.25) is 0 Å². The average molecular weight is 635 g/mol. The maximum absolute atomic E-state index is 13.7. The number of nitrogens with one attached hydrogen (secondary N) is 1. The molecule has 1 saturated carbocycles. The Bertz CT molecular complexity index is 1600. The number of fused-ring (bicyclic) bond motifs is 1. The second-order valence-corrected chi connectivity index (χ2v) is 12.7. The number of aromatic amines is 1. The first kappa shape index (κ1) is 28.4. The van der Waals surface area contributed by atoms with Gasteiger partial charge < -0.3 is 9.88 Å². The van der Waals surface area contributed by atoms with E-state index in [1.165, 1.54) is 33.5 Å². The summed E-state index contributed by atoms with van der Waals surface area (Å²) in [5.74, 6) is -0.410. The topological polar surface area (TPSA) is 73.5 Å². The molecule has 5 rings (SSSR count). The van der Waals surface area contributed by atoms with Crippen LogP contribution in [-0.4, -0.2) is 47.6 Å². The summed E-state index contributed by atoms with van der Waals surface area (Å²) in [5.41, 5.74) is 1.70. The highest BCUT2D eigenvalue weighted by molar-refractivity contribution is 9.10. The number of sulfonamides is 1. The Morgan fingerprint density at radius 2 is 1.65 bits per heavy atom. The number of benzene rings is 3. The Kier molecular flexibility index (Phi) is 8.08. The smallest absolute Gasteiger partial charge is 0.361 e. The van der Waals surface area contributed by atoms with Gasteiger partial charge in [0.25, 0.3) is 0 Å². The van der Waals surface area contributed by atoms with Crippen LogP contribution in [0, 0.1) is 0 Å². The summed E-state index contributed by atoms with van der Waals surface area (Å²) in [4.78, 5) is 18.5. The molecule has 1 fully saturated rings. The van der Waals surface area contributed by atoms with Crippen LogP contribution in [0.25, 0.3) is 10.9 Å². The van der Waals surface area contributed by atoms with Gasteiger partial charge in [-0.1, -0.05) is 46.3 Å². The molecule has 1 amide bonds. The number of rotatable bonds is 10. The quantitative estimate of drug-likeness (QED) is 0.220. The minimum Gasteiger partial charge on any atom is -0.361 e. The van der Waals surface area contributed by atoms with Crippen LogP contribution in [0.5, 0.6) is 0 Å². The van der Waals surface area contributed by atoms with Crippen LogP contribution in [0.4, 0.5) is 13.2 Å². The number of aromatic nitrogens is 1. The zero-order chi connectivity index (χ0) is 28.5. The first-order valence-electron chi connectivity index (χ1n) is 12.8. The fraction of sp³-hybridized carbons (Fsp3) is 0.276. The third-order valence-corrected chi connectivity index (χ3v) is 9.44. The maximum atomic E-state index is 13.7. The van der Waals surface area contributed by atoms with E-state index in [2.05, 4.69) is 20.9 Å². The van der Waals surface area contributed by atoms with Crippen molar-refractivity contribution in [3.05, 3.63) is 100 Å². The molecule has 0 saturated heterocycles. The molecule has 0 radical (unpaired) electrons. The highest BCUT2D eigenvalue weighted by atomic mass is 79.9. The number of halogens is 4. The summed E-state index contributed by atoms with van der Waals surface area (Å²) in [6.45, 7) is -0.0354. The van der Waals surface area contributed by atoms with Gasteiger partial charge in [0.1, 0.15) is 0 Å². The van der Waals surface area contributed by atoms with Gasteiger partial charge >= 0.3 is 6.18 Å². The number of hydrogen-bond acceptors (Lipinski definition) is 3. The molecule has 0 bridgehead atoms. The summed E-state index contributed by atoms with van der Waals surface area (Å²) in [6.07, 6.45) is -0.774. The molecule has 1 aromatic heterocycles. The van der Waals surface area contributed by atoms with Crippen LogP contribution < -0.4 is 0 Å². The van der Waals surface area contributed by atoms with Gasteiger partial charge in [0.15, 0.2) is 0 Å². The molecule has 1 heterocycles. The predicted molar refractivity (Wildman–Crippen MR) is 150 cm³/mol. The van der Waals surface area contributed by atoms with Crippen molar-refractivity contribution in [1.82, 2.24) is 14.2 Å². The Morgan fingerprint density at radius 1 is 0.975 bits per heavy atom. The normalized spacial score (nSPS) is 14.1. The van der Waals surface area contributed by atoms with Crippen molar-refractivity contribution in [2.75, 3.05) is 13.1 Å². The second-order valence-electron chi connectivity index (χ2n) is 9.85. The monoisotopic (exact) mass is 633 g/mol. The van der Waals surface area contributed by atoms with Gasteiger partial charge in [-0.05, 0) is 72.9 Å². The maximum Gasteiger partial charge on any atom is 0.416 e. The van der Waals surface area contributed by atoms with Crippen LogP contribution in [0.1, 0.15) is 29.5 Å². The standard InChI is InChI=1S/C29H27BrF3N3O3S/c30-23-9-13-25(14-10-23)40(38,39)36(24-11-12-24)19-28(37)35(18-20-5-7-22(8-6-20)29(31,32)33)16-15-21-17-34-27-4-2-1-3-26(21)27/h1-10,13-14,17,24,34H,11-12,15-16,18-19H2. The van der Waals surface area contributed by atoms with Crippen molar-refractivity contribution in [2.24, 2.45) is 0 Å². The third-order valence-electron chi connectivity index (χ3n) is 7.00. The number of carbonyl (C=O) groups is 1. The van der Waals surface area contributed by atoms with Crippen molar-refractivity contribution < 1.29 is 26.4 Å². The molecule has 0 unspecified atom stereocenters.